The number of urea groups is 1. The van der Waals surface area contributed by atoms with E-state index in [1.54, 1.807) is 50.0 Å². The molecule has 20 heavy (non-hydrogen) atoms. The molecular weight excluding hydrogens is 260 g/mol. The monoisotopic (exact) mass is 278 g/mol. The number of nitrogens with zero attached hydrogens (tertiary/aromatic N) is 2. The van der Waals surface area contributed by atoms with E-state index >= 15 is 0 Å². The van der Waals surface area contributed by atoms with E-state index in [1.807, 2.05) is 0 Å². The first kappa shape index (κ1) is 14.1. The van der Waals surface area contributed by atoms with Crippen LogP contribution in [0, 0.1) is 6.92 Å². The highest BCUT2D eigenvalue weighted by Gasteiger charge is 2.27. The summed E-state index contributed by atoms with van der Waals surface area (Å²) in [7, 11) is 1.76. The second-order valence-electron chi connectivity index (χ2n) is 4.87. The Kier molecular flexibility index (Phi) is 3.80. The zero-order valence-corrected chi connectivity index (χ0v) is 11.7. The van der Waals surface area contributed by atoms with Gasteiger partial charge in [0.05, 0.1) is 6.54 Å². The smallest absolute Gasteiger partial charge is 0.320 e. The number of anilines is 1. The van der Waals surface area contributed by atoms with Crippen LogP contribution in [0.3, 0.4) is 0 Å². The second-order valence-corrected chi connectivity index (χ2v) is 4.87. The molecule has 0 aromatic carbocycles. The van der Waals surface area contributed by atoms with Crippen molar-refractivity contribution < 1.29 is 14.3 Å². The van der Waals surface area contributed by atoms with Gasteiger partial charge in [-0.2, -0.15) is 5.10 Å². The summed E-state index contributed by atoms with van der Waals surface area (Å²) in [5, 5.41) is 19.4. The number of nitrogens with one attached hydrogen (secondary N) is 2. The highest BCUT2D eigenvalue weighted by atomic mass is 16.4. The first-order valence-corrected chi connectivity index (χ1v) is 6.20. The van der Waals surface area contributed by atoms with Crippen LogP contribution in [0.25, 0.3) is 0 Å². The highest BCUT2D eigenvalue weighted by Crippen LogP contribution is 2.21. The molecule has 0 bridgehead atoms. The lowest BCUT2D eigenvalue weighted by atomic mass is 10.0. The maximum Gasteiger partial charge on any atom is 0.320 e. The Morgan fingerprint density at radius 2 is 2.25 bits per heavy atom. The Bertz CT molecular complexity index is 600. The maximum atomic E-state index is 11.7. The van der Waals surface area contributed by atoms with Crippen LogP contribution in [0.5, 0.6) is 0 Å². The summed E-state index contributed by atoms with van der Waals surface area (Å²) in [6, 6.07) is 4.69. The van der Waals surface area contributed by atoms with Crippen LogP contribution in [0.2, 0.25) is 0 Å². The van der Waals surface area contributed by atoms with Crippen LogP contribution in [-0.2, 0) is 12.6 Å². The van der Waals surface area contributed by atoms with Gasteiger partial charge in [-0.1, -0.05) is 0 Å². The number of carbonyl (C=O) groups is 1. The molecule has 0 aliphatic rings. The van der Waals surface area contributed by atoms with Gasteiger partial charge < -0.3 is 14.8 Å². The van der Waals surface area contributed by atoms with Crippen LogP contribution in [0.1, 0.15) is 18.4 Å². The SMILES string of the molecule is Cc1ccc(C(C)(O)CNC(=O)Nc2ccn(C)n2)o1. The number of hydrogen-bond acceptors (Lipinski definition) is 4. The average Bonchev–Trinajstić information content (AvgIpc) is 2.96. The van der Waals surface area contributed by atoms with E-state index < -0.39 is 11.6 Å². The van der Waals surface area contributed by atoms with Crippen LogP contribution in [-0.4, -0.2) is 27.5 Å². The molecule has 2 aromatic rings. The molecule has 7 nitrogen and oxygen atoms in total. The van der Waals surface area contributed by atoms with Gasteiger partial charge in [0, 0.05) is 19.3 Å². The van der Waals surface area contributed by atoms with Crippen molar-refractivity contribution >= 4 is 11.8 Å². The van der Waals surface area contributed by atoms with Crippen LogP contribution in [0.15, 0.2) is 28.8 Å². The number of furan rings is 1. The Morgan fingerprint density at radius 3 is 2.80 bits per heavy atom. The molecule has 2 heterocycles. The standard InChI is InChI=1S/C13H18N4O3/c1-9-4-5-10(20-9)13(2,19)8-14-12(18)15-11-6-7-17(3)16-11/h4-7,19H,8H2,1-3H3,(H2,14,15,16,18). The minimum atomic E-state index is -1.27. The third-order valence-corrected chi connectivity index (χ3v) is 2.82. The van der Waals surface area contributed by atoms with Crippen molar-refractivity contribution in [3.05, 3.63) is 35.9 Å². The lowest BCUT2D eigenvalue weighted by Crippen LogP contribution is -2.40. The molecule has 1 atom stereocenters. The van der Waals surface area contributed by atoms with Gasteiger partial charge in [0.25, 0.3) is 0 Å². The van der Waals surface area contributed by atoms with Crippen molar-refractivity contribution in [2.75, 3.05) is 11.9 Å². The van der Waals surface area contributed by atoms with E-state index in [2.05, 4.69) is 15.7 Å². The molecule has 0 fully saturated rings. The Morgan fingerprint density at radius 1 is 1.50 bits per heavy atom. The molecule has 0 saturated carbocycles. The Hall–Kier alpha value is -2.28. The quantitative estimate of drug-likeness (QED) is 0.787. The number of aryl methyl sites for hydroxylation is 2. The highest BCUT2D eigenvalue weighted by molar-refractivity contribution is 5.88. The van der Waals surface area contributed by atoms with Crippen molar-refractivity contribution in [3.63, 3.8) is 0 Å². The fourth-order valence-corrected chi connectivity index (χ4v) is 1.71. The molecule has 7 heteroatoms. The van der Waals surface area contributed by atoms with Gasteiger partial charge in [-0.15, -0.1) is 0 Å². The number of amides is 2. The molecule has 0 radical (unpaired) electrons. The van der Waals surface area contributed by atoms with Crippen LogP contribution < -0.4 is 10.6 Å². The van der Waals surface area contributed by atoms with Gasteiger partial charge in [0.1, 0.15) is 17.1 Å². The molecule has 2 rings (SSSR count). The van der Waals surface area contributed by atoms with E-state index in [4.69, 9.17) is 4.42 Å². The summed E-state index contributed by atoms with van der Waals surface area (Å²) < 4.78 is 6.95. The molecule has 0 aliphatic heterocycles. The van der Waals surface area contributed by atoms with Crippen molar-refractivity contribution in [1.82, 2.24) is 15.1 Å². The Balaban J connectivity index is 1.89. The first-order chi connectivity index (χ1) is 9.37. The van der Waals surface area contributed by atoms with Gasteiger partial charge in [0.2, 0.25) is 0 Å². The number of aromatic nitrogens is 2. The number of hydrogen-bond donors (Lipinski definition) is 3. The minimum absolute atomic E-state index is 0.0264. The largest absolute Gasteiger partial charge is 0.463 e. The lowest BCUT2D eigenvalue weighted by molar-refractivity contribution is 0.0364. The number of aliphatic hydroxyl groups is 1. The van der Waals surface area contributed by atoms with E-state index in [0.717, 1.165) is 0 Å². The van der Waals surface area contributed by atoms with E-state index in [9.17, 15) is 9.90 Å². The summed E-state index contributed by atoms with van der Waals surface area (Å²) in [5.41, 5.74) is -1.27. The van der Waals surface area contributed by atoms with Crippen molar-refractivity contribution in [3.8, 4) is 0 Å². The van der Waals surface area contributed by atoms with E-state index in [0.29, 0.717) is 17.3 Å². The maximum absolute atomic E-state index is 11.7. The first-order valence-electron chi connectivity index (χ1n) is 6.20. The van der Waals surface area contributed by atoms with Gasteiger partial charge in [0.15, 0.2) is 5.82 Å². The lowest BCUT2D eigenvalue weighted by Gasteiger charge is -2.21. The van der Waals surface area contributed by atoms with Crippen LogP contribution in [0.4, 0.5) is 10.6 Å². The number of carbonyl (C=O) groups excluding carboxylic acids is 1. The summed E-state index contributed by atoms with van der Waals surface area (Å²) in [5.74, 6) is 1.56. The average molecular weight is 278 g/mol. The molecule has 3 N–H and O–H groups in total. The molecule has 1 unspecified atom stereocenters. The zero-order chi connectivity index (χ0) is 14.8. The molecule has 2 amide bonds. The normalized spacial score (nSPS) is 13.8. The fourth-order valence-electron chi connectivity index (χ4n) is 1.71. The molecular formula is C13H18N4O3. The van der Waals surface area contributed by atoms with Crippen molar-refractivity contribution in [2.24, 2.45) is 7.05 Å². The van der Waals surface area contributed by atoms with Crippen molar-refractivity contribution in [1.29, 1.82) is 0 Å². The number of rotatable bonds is 4. The van der Waals surface area contributed by atoms with Gasteiger partial charge in [-0.25, -0.2) is 4.79 Å². The predicted octanol–water partition coefficient (Wildman–Crippen LogP) is 1.35. The molecule has 0 aliphatic carbocycles. The van der Waals surface area contributed by atoms with E-state index in [-0.39, 0.29) is 6.54 Å². The molecule has 108 valence electrons. The molecule has 2 aromatic heterocycles. The van der Waals surface area contributed by atoms with Gasteiger partial charge in [-0.3, -0.25) is 10.00 Å². The van der Waals surface area contributed by atoms with Gasteiger partial charge >= 0.3 is 6.03 Å². The third kappa shape index (κ3) is 3.39. The third-order valence-electron chi connectivity index (χ3n) is 2.82. The zero-order valence-electron chi connectivity index (χ0n) is 11.7. The molecule has 0 spiro atoms. The summed E-state index contributed by atoms with van der Waals surface area (Å²) in [4.78, 5) is 11.7. The predicted molar refractivity (Wildman–Crippen MR) is 73.2 cm³/mol. The Labute approximate surface area is 116 Å². The van der Waals surface area contributed by atoms with Crippen LogP contribution >= 0.6 is 0 Å². The van der Waals surface area contributed by atoms with Gasteiger partial charge in [-0.05, 0) is 26.0 Å². The summed E-state index contributed by atoms with van der Waals surface area (Å²) in [6.07, 6.45) is 1.72. The second kappa shape index (κ2) is 5.38. The van der Waals surface area contributed by atoms with Crippen molar-refractivity contribution in [2.45, 2.75) is 19.4 Å². The minimum Gasteiger partial charge on any atom is -0.463 e. The fraction of sp³-hybridized carbons (Fsp3) is 0.385. The summed E-state index contributed by atoms with van der Waals surface area (Å²) in [6.45, 7) is 3.39. The summed E-state index contributed by atoms with van der Waals surface area (Å²) >= 11 is 0. The topological polar surface area (TPSA) is 92.3 Å². The molecule has 0 saturated heterocycles. The van der Waals surface area contributed by atoms with E-state index in [1.165, 1.54) is 0 Å².